The van der Waals surface area contributed by atoms with Gasteiger partial charge in [-0.2, -0.15) is 0 Å². The van der Waals surface area contributed by atoms with E-state index in [1.807, 2.05) is 13.0 Å². The lowest BCUT2D eigenvalue weighted by Gasteiger charge is -2.19. The van der Waals surface area contributed by atoms with Gasteiger partial charge in [0, 0.05) is 5.75 Å². The Kier molecular flexibility index (Phi) is 4.31. The number of hydrogen-bond donors (Lipinski definition) is 0. The summed E-state index contributed by atoms with van der Waals surface area (Å²) in [6.45, 7) is 8.53. The molecule has 5 heteroatoms. The first-order chi connectivity index (χ1) is 10.9. The predicted octanol–water partition coefficient (Wildman–Crippen LogP) is 5.23. The van der Waals surface area contributed by atoms with Gasteiger partial charge in [0.25, 0.3) is 11.1 Å². The maximum absolute atomic E-state index is 5.69. The van der Waals surface area contributed by atoms with Crippen molar-refractivity contribution >= 4 is 11.8 Å². The van der Waals surface area contributed by atoms with Crippen molar-refractivity contribution in [1.82, 2.24) is 10.2 Å². The molecular formula is C18H20N2O2S. The standard InChI is InChI=1S/C18H20N2O2S/c1-12-15(9-10-21-12)16-19-20-17(22-16)23-11-13-5-7-14(8-6-13)18(2,3)4/h5-10H,11H2,1-4H3. The van der Waals surface area contributed by atoms with Gasteiger partial charge in [0.1, 0.15) is 5.76 Å². The van der Waals surface area contributed by atoms with E-state index in [0.29, 0.717) is 11.1 Å². The minimum atomic E-state index is 0.176. The molecule has 0 amide bonds. The number of aryl methyl sites for hydroxylation is 1. The second-order valence-corrected chi connectivity index (χ2v) is 7.43. The van der Waals surface area contributed by atoms with Crippen LogP contribution in [0.1, 0.15) is 37.7 Å². The van der Waals surface area contributed by atoms with E-state index in [1.165, 1.54) is 22.9 Å². The first-order valence-electron chi connectivity index (χ1n) is 7.54. The Labute approximate surface area is 140 Å². The Morgan fingerprint density at radius 2 is 1.78 bits per heavy atom. The molecule has 3 aromatic rings. The molecule has 0 aliphatic rings. The van der Waals surface area contributed by atoms with Crippen molar-refractivity contribution in [3.63, 3.8) is 0 Å². The zero-order chi connectivity index (χ0) is 16.4. The van der Waals surface area contributed by atoms with Crippen LogP contribution in [0.4, 0.5) is 0 Å². The van der Waals surface area contributed by atoms with Crippen molar-refractivity contribution < 1.29 is 8.83 Å². The number of hydrogen-bond acceptors (Lipinski definition) is 5. The monoisotopic (exact) mass is 328 g/mol. The Balaban J connectivity index is 1.65. The van der Waals surface area contributed by atoms with Crippen LogP contribution in [0.15, 0.2) is 50.7 Å². The highest BCUT2D eigenvalue weighted by Crippen LogP contribution is 2.28. The fraction of sp³-hybridized carbons (Fsp3) is 0.333. The Bertz CT molecular complexity index is 782. The lowest BCUT2D eigenvalue weighted by atomic mass is 9.87. The van der Waals surface area contributed by atoms with Crippen molar-refractivity contribution in [1.29, 1.82) is 0 Å². The van der Waals surface area contributed by atoms with Gasteiger partial charge in [0.05, 0.1) is 11.8 Å². The summed E-state index contributed by atoms with van der Waals surface area (Å²) in [5, 5.41) is 8.74. The van der Waals surface area contributed by atoms with Crippen molar-refractivity contribution in [3.8, 4) is 11.5 Å². The Morgan fingerprint density at radius 1 is 1.04 bits per heavy atom. The van der Waals surface area contributed by atoms with Gasteiger partial charge in [-0.25, -0.2) is 0 Å². The Morgan fingerprint density at radius 3 is 2.39 bits per heavy atom. The van der Waals surface area contributed by atoms with Crippen molar-refractivity contribution in [2.45, 2.75) is 44.1 Å². The highest BCUT2D eigenvalue weighted by atomic mass is 32.2. The number of rotatable bonds is 4. The second-order valence-electron chi connectivity index (χ2n) is 6.50. The molecule has 23 heavy (non-hydrogen) atoms. The second kappa shape index (κ2) is 6.24. The van der Waals surface area contributed by atoms with Gasteiger partial charge < -0.3 is 8.83 Å². The third-order valence-corrected chi connectivity index (χ3v) is 4.57. The Hall–Kier alpha value is -2.01. The number of nitrogens with zero attached hydrogens (tertiary/aromatic N) is 2. The molecule has 0 radical (unpaired) electrons. The molecular weight excluding hydrogens is 308 g/mol. The van der Waals surface area contributed by atoms with E-state index in [2.05, 4.69) is 55.2 Å². The third-order valence-electron chi connectivity index (χ3n) is 3.68. The van der Waals surface area contributed by atoms with E-state index >= 15 is 0 Å². The number of aromatic nitrogens is 2. The molecule has 0 N–H and O–H groups in total. The molecule has 2 heterocycles. The fourth-order valence-electron chi connectivity index (χ4n) is 2.23. The summed E-state index contributed by atoms with van der Waals surface area (Å²) >= 11 is 1.54. The van der Waals surface area contributed by atoms with Crippen LogP contribution in [0.5, 0.6) is 0 Å². The van der Waals surface area contributed by atoms with E-state index < -0.39 is 0 Å². The maximum atomic E-state index is 5.69. The number of furan rings is 1. The number of benzene rings is 1. The predicted molar refractivity (Wildman–Crippen MR) is 91.4 cm³/mol. The topological polar surface area (TPSA) is 52.1 Å². The van der Waals surface area contributed by atoms with Crippen LogP contribution in [-0.4, -0.2) is 10.2 Å². The highest BCUT2D eigenvalue weighted by molar-refractivity contribution is 7.98. The van der Waals surface area contributed by atoms with Gasteiger partial charge in [-0.05, 0) is 29.5 Å². The average molecular weight is 328 g/mol. The van der Waals surface area contributed by atoms with E-state index in [-0.39, 0.29) is 5.41 Å². The van der Waals surface area contributed by atoms with Crippen LogP contribution in [-0.2, 0) is 11.2 Å². The minimum Gasteiger partial charge on any atom is -0.469 e. The van der Waals surface area contributed by atoms with Crippen LogP contribution in [0.3, 0.4) is 0 Å². The summed E-state index contributed by atoms with van der Waals surface area (Å²) in [5.41, 5.74) is 3.60. The van der Waals surface area contributed by atoms with E-state index in [1.54, 1.807) is 6.26 Å². The lowest BCUT2D eigenvalue weighted by molar-refractivity contribution is 0.463. The number of thioether (sulfide) groups is 1. The first-order valence-corrected chi connectivity index (χ1v) is 8.52. The maximum Gasteiger partial charge on any atom is 0.277 e. The molecule has 1 aromatic carbocycles. The summed E-state index contributed by atoms with van der Waals surface area (Å²) in [4.78, 5) is 0. The lowest BCUT2D eigenvalue weighted by Crippen LogP contribution is -2.10. The van der Waals surface area contributed by atoms with E-state index in [0.717, 1.165) is 17.1 Å². The molecule has 2 aromatic heterocycles. The molecule has 0 atom stereocenters. The molecule has 0 aliphatic carbocycles. The molecule has 0 unspecified atom stereocenters. The summed E-state index contributed by atoms with van der Waals surface area (Å²) < 4.78 is 11.0. The molecule has 0 aliphatic heterocycles. The van der Waals surface area contributed by atoms with Crippen molar-refractivity contribution in [2.75, 3.05) is 0 Å². The third kappa shape index (κ3) is 3.67. The zero-order valence-corrected chi connectivity index (χ0v) is 14.6. The van der Waals surface area contributed by atoms with Gasteiger partial charge in [0.2, 0.25) is 0 Å². The quantitative estimate of drug-likeness (QED) is 0.614. The molecule has 0 fully saturated rings. The van der Waals surface area contributed by atoms with Gasteiger partial charge in [-0.3, -0.25) is 0 Å². The SMILES string of the molecule is Cc1occc1-c1nnc(SCc2ccc(C(C)(C)C)cc2)o1. The summed E-state index contributed by atoms with van der Waals surface area (Å²) in [5.74, 6) is 2.08. The summed E-state index contributed by atoms with van der Waals surface area (Å²) in [6.07, 6.45) is 1.62. The molecule has 0 bridgehead atoms. The molecule has 0 saturated carbocycles. The normalized spacial score (nSPS) is 11.8. The van der Waals surface area contributed by atoms with Gasteiger partial charge >= 0.3 is 0 Å². The zero-order valence-electron chi connectivity index (χ0n) is 13.8. The highest BCUT2D eigenvalue weighted by Gasteiger charge is 2.14. The first kappa shape index (κ1) is 15.9. The smallest absolute Gasteiger partial charge is 0.277 e. The van der Waals surface area contributed by atoms with E-state index in [9.17, 15) is 0 Å². The van der Waals surface area contributed by atoms with Crippen LogP contribution in [0.2, 0.25) is 0 Å². The van der Waals surface area contributed by atoms with Crippen LogP contribution in [0, 0.1) is 6.92 Å². The van der Waals surface area contributed by atoms with Crippen LogP contribution >= 0.6 is 11.8 Å². The van der Waals surface area contributed by atoms with Gasteiger partial charge in [-0.15, -0.1) is 10.2 Å². The van der Waals surface area contributed by atoms with Crippen LogP contribution in [0.25, 0.3) is 11.5 Å². The van der Waals surface area contributed by atoms with Gasteiger partial charge in [-0.1, -0.05) is 56.8 Å². The molecule has 0 spiro atoms. The molecule has 4 nitrogen and oxygen atoms in total. The van der Waals surface area contributed by atoms with Crippen molar-refractivity contribution in [2.24, 2.45) is 0 Å². The molecule has 120 valence electrons. The van der Waals surface area contributed by atoms with E-state index in [4.69, 9.17) is 8.83 Å². The average Bonchev–Trinajstić information content (AvgIpc) is 3.13. The summed E-state index contributed by atoms with van der Waals surface area (Å²) in [6, 6.07) is 10.5. The summed E-state index contributed by atoms with van der Waals surface area (Å²) in [7, 11) is 0. The molecule has 3 rings (SSSR count). The molecule has 0 saturated heterocycles. The fourth-order valence-corrected chi connectivity index (χ4v) is 2.95. The van der Waals surface area contributed by atoms with Crippen molar-refractivity contribution in [3.05, 3.63) is 53.5 Å². The largest absolute Gasteiger partial charge is 0.469 e. The van der Waals surface area contributed by atoms with Gasteiger partial charge in [0.15, 0.2) is 0 Å². The minimum absolute atomic E-state index is 0.176. The van der Waals surface area contributed by atoms with Crippen LogP contribution < -0.4 is 0 Å².